The number of aromatic amines is 1. The number of hydrogen-bond donors (Lipinski definition) is 1. The summed E-state index contributed by atoms with van der Waals surface area (Å²) in [6.45, 7) is 4.90. The Morgan fingerprint density at radius 1 is 1.03 bits per heavy atom. The fraction of sp³-hybridized carbons (Fsp3) is 0.241. The molecule has 2 unspecified atom stereocenters. The molecule has 6 nitrogen and oxygen atoms in total. The van der Waals surface area contributed by atoms with Gasteiger partial charge in [0.05, 0.1) is 23.8 Å². The molecule has 0 bridgehead atoms. The molecule has 1 fully saturated rings. The standard InChI is InChI=1S/C29H24N2O4/c1-29(2)22-13-19(35-25-16-33-24(15-34-25)18-6-4-3-5-7-18)9-11-20(22)27(32)26-21-10-8-17(14-30)12-23(21)31-28(26)29/h3-13,24-25,31H,15-16H2,1-2H3. The molecule has 0 saturated carbocycles. The van der Waals surface area contributed by atoms with Gasteiger partial charge in [-0.15, -0.1) is 0 Å². The van der Waals surface area contributed by atoms with Gasteiger partial charge >= 0.3 is 0 Å². The van der Waals surface area contributed by atoms with E-state index in [0.717, 1.165) is 27.7 Å². The molecule has 2 atom stereocenters. The van der Waals surface area contributed by atoms with Gasteiger partial charge in [-0.05, 0) is 41.5 Å². The molecule has 2 heterocycles. The number of benzene rings is 3. The van der Waals surface area contributed by atoms with E-state index in [1.165, 1.54) is 0 Å². The lowest BCUT2D eigenvalue weighted by molar-refractivity contribution is -0.202. The average molecular weight is 465 g/mol. The summed E-state index contributed by atoms with van der Waals surface area (Å²) in [5, 5.41) is 10.1. The molecule has 1 N–H and O–H groups in total. The Balaban J connectivity index is 1.27. The van der Waals surface area contributed by atoms with E-state index in [4.69, 9.17) is 14.2 Å². The molecule has 1 aliphatic carbocycles. The van der Waals surface area contributed by atoms with Gasteiger partial charge in [-0.3, -0.25) is 4.79 Å². The van der Waals surface area contributed by atoms with Crippen molar-refractivity contribution in [3.05, 3.63) is 100 Å². The minimum Gasteiger partial charge on any atom is -0.462 e. The zero-order chi connectivity index (χ0) is 24.2. The summed E-state index contributed by atoms with van der Waals surface area (Å²) in [6, 6.07) is 23.1. The molecule has 4 aromatic rings. The van der Waals surface area contributed by atoms with Crippen LogP contribution in [-0.4, -0.2) is 30.3 Å². The van der Waals surface area contributed by atoms with Crippen LogP contribution in [-0.2, 0) is 14.9 Å². The van der Waals surface area contributed by atoms with E-state index in [0.29, 0.717) is 35.7 Å². The lowest BCUT2D eigenvalue weighted by Crippen LogP contribution is -2.35. The summed E-state index contributed by atoms with van der Waals surface area (Å²) in [6.07, 6.45) is -0.637. The van der Waals surface area contributed by atoms with Gasteiger partial charge in [-0.1, -0.05) is 50.2 Å². The van der Waals surface area contributed by atoms with Crippen LogP contribution in [0.4, 0.5) is 0 Å². The highest BCUT2D eigenvalue weighted by Gasteiger charge is 2.40. The molecule has 2 aliphatic rings. The van der Waals surface area contributed by atoms with Crippen molar-refractivity contribution in [3.8, 4) is 11.8 Å². The minimum absolute atomic E-state index is 0.0280. The monoisotopic (exact) mass is 464 g/mol. The number of nitriles is 1. The molecule has 0 amide bonds. The van der Waals surface area contributed by atoms with Crippen LogP contribution >= 0.6 is 0 Å². The van der Waals surface area contributed by atoms with Gasteiger partial charge in [0.15, 0.2) is 5.78 Å². The Morgan fingerprint density at radius 2 is 1.86 bits per heavy atom. The first-order valence-corrected chi connectivity index (χ1v) is 11.7. The van der Waals surface area contributed by atoms with Crippen molar-refractivity contribution in [1.29, 1.82) is 5.26 Å². The van der Waals surface area contributed by atoms with Gasteiger partial charge in [-0.25, -0.2) is 0 Å². The molecule has 3 aromatic carbocycles. The number of fused-ring (bicyclic) bond motifs is 4. The third kappa shape index (κ3) is 3.52. The third-order valence-electron chi connectivity index (χ3n) is 6.99. The molecule has 0 radical (unpaired) electrons. The SMILES string of the molecule is CC1(C)c2cc(OC3COC(c4ccccc4)CO3)ccc2C(=O)c2c1[nH]c1cc(C#N)ccc21. The van der Waals surface area contributed by atoms with Crippen LogP contribution < -0.4 is 4.74 Å². The van der Waals surface area contributed by atoms with Gasteiger partial charge in [0, 0.05) is 27.6 Å². The van der Waals surface area contributed by atoms with Crippen molar-refractivity contribution >= 4 is 16.7 Å². The number of H-pyrrole nitrogens is 1. The van der Waals surface area contributed by atoms with E-state index in [9.17, 15) is 10.1 Å². The molecule has 6 rings (SSSR count). The first-order valence-electron chi connectivity index (χ1n) is 11.7. The van der Waals surface area contributed by atoms with Crippen LogP contribution in [0.2, 0.25) is 0 Å². The lowest BCUT2D eigenvalue weighted by Gasteiger charge is -2.33. The Bertz CT molecular complexity index is 1490. The van der Waals surface area contributed by atoms with E-state index in [-0.39, 0.29) is 11.9 Å². The number of nitrogens with zero attached hydrogens (tertiary/aromatic N) is 1. The maximum Gasteiger partial charge on any atom is 0.223 e. The minimum atomic E-state index is -0.525. The Labute approximate surface area is 203 Å². The number of nitrogens with one attached hydrogen (secondary N) is 1. The fourth-order valence-corrected chi connectivity index (χ4v) is 5.12. The number of ether oxygens (including phenoxy) is 3. The largest absolute Gasteiger partial charge is 0.462 e. The number of rotatable bonds is 3. The normalized spacial score (nSPS) is 20.7. The Kier molecular flexibility index (Phi) is 4.99. The summed E-state index contributed by atoms with van der Waals surface area (Å²) in [5.41, 5.74) is 5.03. The second-order valence-electron chi connectivity index (χ2n) is 9.52. The van der Waals surface area contributed by atoms with Gasteiger partial charge < -0.3 is 19.2 Å². The highest BCUT2D eigenvalue weighted by molar-refractivity contribution is 6.20. The van der Waals surface area contributed by atoms with Crippen LogP contribution in [0.15, 0.2) is 66.7 Å². The summed E-state index contributed by atoms with van der Waals surface area (Å²) in [4.78, 5) is 16.9. The molecular weight excluding hydrogens is 440 g/mol. The highest BCUT2D eigenvalue weighted by Crippen LogP contribution is 2.44. The molecule has 1 aliphatic heterocycles. The molecule has 1 saturated heterocycles. The van der Waals surface area contributed by atoms with E-state index in [1.54, 1.807) is 12.1 Å². The van der Waals surface area contributed by atoms with Crippen LogP contribution in [0, 0.1) is 11.3 Å². The van der Waals surface area contributed by atoms with Gasteiger partial charge in [0.25, 0.3) is 0 Å². The summed E-state index contributed by atoms with van der Waals surface area (Å²) in [7, 11) is 0. The summed E-state index contributed by atoms with van der Waals surface area (Å²) >= 11 is 0. The van der Waals surface area contributed by atoms with E-state index < -0.39 is 11.7 Å². The van der Waals surface area contributed by atoms with Crippen LogP contribution in [0.5, 0.6) is 5.75 Å². The molecular formula is C29H24N2O4. The van der Waals surface area contributed by atoms with Crippen molar-refractivity contribution in [3.63, 3.8) is 0 Å². The van der Waals surface area contributed by atoms with E-state index in [1.807, 2.05) is 54.6 Å². The summed E-state index contributed by atoms with van der Waals surface area (Å²) < 4.78 is 18.0. The zero-order valence-corrected chi connectivity index (χ0v) is 19.5. The first-order chi connectivity index (χ1) is 17.0. The second-order valence-corrected chi connectivity index (χ2v) is 9.52. The van der Waals surface area contributed by atoms with Crippen LogP contribution in [0.3, 0.4) is 0 Å². The smallest absolute Gasteiger partial charge is 0.223 e. The molecule has 0 spiro atoms. The van der Waals surface area contributed by atoms with Crippen molar-refractivity contribution in [2.75, 3.05) is 13.2 Å². The van der Waals surface area contributed by atoms with Gasteiger partial charge in [-0.2, -0.15) is 5.26 Å². The van der Waals surface area contributed by atoms with Crippen molar-refractivity contribution in [1.82, 2.24) is 4.98 Å². The Hall–Kier alpha value is -3.92. The predicted molar refractivity (Wildman–Crippen MR) is 131 cm³/mol. The fourth-order valence-electron chi connectivity index (χ4n) is 5.12. The lowest BCUT2D eigenvalue weighted by atomic mass is 9.71. The van der Waals surface area contributed by atoms with Crippen molar-refractivity contribution < 1.29 is 19.0 Å². The van der Waals surface area contributed by atoms with E-state index in [2.05, 4.69) is 24.9 Å². The quantitative estimate of drug-likeness (QED) is 0.439. The maximum absolute atomic E-state index is 13.5. The molecule has 6 heteroatoms. The molecule has 174 valence electrons. The number of carbonyl (C=O) groups is 1. The summed E-state index contributed by atoms with van der Waals surface area (Å²) in [5.74, 6) is 0.600. The van der Waals surface area contributed by atoms with Crippen molar-refractivity contribution in [2.24, 2.45) is 0 Å². The number of ketones is 1. The number of aromatic nitrogens is 1. The zero-order valence-electron chi connectivity index (χ0n) is 19.5. The first kappa shape index (κ1) is 21.6. The predicted octanol–water partition coefficient (Wildman–Crippen LogP) is 5.40. The highest BCUT2D eigenvalue weighted by atomic mass is 16.7. The van der Waals surface area contributed by atoms with E-state index >= 15 is 0 Å². The second kappa shape index (κ2) is 8.09. The Morgan fingerprint density at radius 3 is 2.60 bits per heavy atom. The van der Waals surface area contributed by atoms with Crippen LogP contribution in [0.25, 0.3) is 10.9 Å². The maximum atomic E-state index is 13.5. The number of hydrogen-bond acceptors (Lipinski definition) is 5. The average Bonchev–Trinajstić information content (AvgIpc) is 3.29. The van der Waals surface area contributed by atoms with Crippen molar-refractivity contribution in [2.45, 2.75) is 31.7 Å². The number of carbonyl (C=O) groups excluding carboxylic acids is 1. The van der Waals surface area contributed by atoms with Gasteiger partial charge in [0.1, 0.15) is 18.5 Å². The molecule has 35 heavy (non-hydrogen) atoms. The molecule has 1 aromatic heterocycles. The topological polar surface area (TPSA) is 84.3 Å². The van der Waals surface area contributed by atoms with Crippen LogP contribution in [0.1, 0.15) is 58.3 Å². The third-order valence-corrected chi connectivity index (χ3v) is 6.99. The van der Waals surface area contributed by atoms with Gasteiger partial charge in [0.2, 0.25) is 6.29 Å².